The SMILES string of the molecule is CC(C)(C)[SiH2]OC(C)(C)C1(n2ccc3c(Cl)ncnc32)COC1. The van der Waals surface area contributed by atoms with Crippen LogP contribution in [0.5, 0.6) is 0 Å². The maximum Gasteiger partial charge on any atom is 0.167 e. The molecule has 0 N–H and O–H groups in total. The Balaban J connectivity index is 2.01. The van der Waals surface area contributed by atoms with E-state index in [9.17, 15) is 0 Å². The van der Waals surface area contributed by atoms with Crippen LogP contribution in [0.4, 0.5) is 0 Å². The van der Waals surface area contributed by atoms with Crippen molar-refractivity contribution in [3.05, 3.63) is 23.7 Å². The van der Waals surface area contributed by atoms with E-state index in [0.29, 0.717) is 18.4 Å². The summed E-state index contributed by atoms with van der Waals surface area (Å²) < 4.78 is 14.2. The molecule has 0 amide bonds. The maximum atomic E-state index is 6.47. The number of aromatic nitrogens is 3. The molecule has 23 heavy (non-hydrogen) atoms. The molecule has 1 aliphatic rings. The van der Waals surface area contributed by atoms with Crippen molar-refractivity contribution < 1.29 is 9.16 Å². The Bertz CT molecular complexity index is 720. The minimum absolute atomic E-state index is 0.243. The quantitative estimate of drug-likeness (QED) is 0.626. The summed E-state index contributed by atoms with van der Waals surface area (Å²) in [5.74, 6) is 0. The van der Waals surface area contributed by atoms with Crippen LogP contribution in [0, 0.1) is 0 Å². The van der Waals surface area contributed by atoms with Gasteiger partial charge in [-0.2, -0.15) is 0 Å². The average Bonchev–Trinajstić information content (AvgIpc) is 2.80. The van der Waals surface area contributed by atoms with E-state index in [-0.39, 0.29) is 16.2 Å². The molecule has 0 aromatic carbocycles. The summed E-state index contributed by atoms with van der Waals surface area (Å²) in [6, 6.07) is 1.97. The number of ether oxygens (including phenoxy) is 1. The fourth-order valence-electron chi connectivity index (χ4n) is 2.87. The van der Waals surface area contributed by atoms with Gasteiger partial charge in [-0.3, -0.25) is 0 Å². The second-order valence-corrected chi connectivity index (χ2v) is 11.0. The zero-order valence-corrected chi connectivity index (χ0v) is 16.6. The van der Waals surface area contributed by atoms with Crippen LogP contribution in [0.1, 0.15) is 34.6 Å². The van der Waals surface area contributed by atoms with Gasteiger partial charge >= 0.3 is 0 Å². The van der Waals surface area contributed by atoms with E-state index in [1.54, 1.807) is 0 Å². The smallest absolute Gasteiger partial charge is 0.167 e. The number of rotatable bonds is 4. The Morgan fingerprint density at radius 2 is 1.96 bits per heavy atom. The second kappa shape index (κ2) is 5.55. The van der Waals surface area contributed by atoms with Crippen molar-refractivity contribution in [3.63, 3.8) is 0 Å². The van der Waals surface area contributed by atoms with Gasteiger partial charge < -0.3 is 13.7 Å². The minimum Gasteiger partial charge on any atom is -0.416 e. The molecule has 3 rings (SSSR count). The van der Waals surface area contributed by atoms with Crippen molar-refractivity contribution in [1.82, 2.24) is 14.5 Å². The van der Waals surface area contributed by atoms with Crippen LogP contribution in [-0.4, -0.2) is 43.1 Å². The van der Waals surface area contributed by atoms with E-state index in [2.05, 4.69) is 49.2 Å². The van der Waals surface area contributed by atoms with Crippen LogP contribution in [-0.2, 0) is 14.7 Å². The zero-order chi connectivity index (χ0) is 16.9. The van der Waals surface area contributed by atoms with Gasteiger partial charge in [0.2, 0.25) is 0 Å². The molecule has 0 bridgehead atoms. The molecule has 0 spiro atoms. The summed E-state index contributed by atoms with van der Waals surface area (Å²) in [6.07, 6.45) is 3.53. The van der Waals surface area contributed by atoms with Gasteiger partial charge in [-0.1, -0.05) is 32.4 Å². The third-order valence-corrected chi connectivity index (χ3v) is 6.60. The van der Waals surface area contributed by atoms with Crippen molar-refractivity contribution in [2.24, 2.45) is 0 Å². The van der Waals surface area contributed by atoms with Crippen LogP contribution in [0.2, 0.25) is 10.2 Å². The summed E-state index contributed by atoms with van der Waals surface area (Å²) in [6.45, 7) is 12.2. The summed E-state index contributed by atoms with van der Waals surface area (Å²) >= 11 is 6.20. The molecular weight excluding hydrogens is 330 g/mol. The fraction of sp³-hybridized carbons (Fsp3) is 0.625. The first kappa shape index (κ1) is 16.9. The first-order valence-electron chi connectivity index (χ1n) is 7.86. The number of hydrogen-bond acceptors (Lipinski definition) is 4. The predicted octanol–water partition coefficient (Wildman–Crippen LogP) is 2.91. The lowest BCUT2D eigenvalue weighted by molar-refractivity contribution is -0.184. The number of nitrogens with zero attached hydrogens (tertiary/aromatic N) is 3. The van der Waals surface area contributed by atoms with Gasteiger partial charge in [-0.15, -0.1) is 0 Å². The van der Waals surface area contributed by atoms with E-state index < -0.39 is 9.76 Å². The Hall–Kier alpha value is -0.953. The zero-order valence-electron chi connectivity index (χ0n) is 14.4. The van der Waals surface area contributed by atoms with Crippen molar-refractivity contribution in [2.75, 3.05) is 13.2 Å². The Morgan fingerprint density at radius 3 is 2.52 bits per heavy atom. The molecule has 1 fully saturated rings. The molecule has 5 nitrogen and oxygen atoms in total. The van der Waals surface area contributed by atoms with Crippen molar-refractivity contribution in [3.8, 4) is 0 Å². The highest BCUT2D eigenvalue weighted by atomic mass is 35.5. The topological polar surface area (TPSA) is 49.2 Å². The molecule has 7 heteroatoms. The van der Waals surface area contributed by atoms with Crippen LogP contribution in [0.15, 0.2) is 18.6 Å². The summed E-state index contributed by atoms with van der Waals surface area (Å²) in [4.78, 5) is 8.50. The molecule has 3 heterocycles. The lowest BCUT2D eigenvalue weighted by Gasteiger charge is -2.53. The first-order chi connectivity index (χ1) is 10.7. The molecule has 2 aromatic rings. The Morgan fingerprint density at radius 1 is 1.26 bits per heavy atom. The van der Waals surface area contributed by atoms with E-state index >= 15 is 0 Å². The highest BCUT2D eigenvalue weighted by molar-refractivity contribution is 6.34. The minimum atomic E-state index is -0.685. The number of halogens is 1. The van der Waals surface area contributed by atoms with Crippen molar-refractivity contribution >= 4 is 32.4 Å². The highest BCUT2D eigenvalue weighted by Gasteiger charge is 2.54. The van der Waals surface area contributed by atoms with E-state index in [4.69, 9.17) is 20.8 Å². The molecule has 1 saturated heterocycles. The van der Waals surface area contributed by atoms with Gasteiger partial charge in [0.1, 0.15) is 22.7 Å². The van der Waals surface area contributed by atoms with E-state index in [1.165, 1.54) is 6.33 Å². The molecule has 0 atom stereocenters. The Kier molecular flexibility index (Phi) is 4.07. The second-order valence-electron chi connectivity index (χ2n) is 7.97. The molecule has 0 aliphatic carbocycles. The summed E-state index contributed by atoms with van der Waals surface area (Å²) in [7, 11) is -0.685. The van der Waals surface area contributed by atoms with Gasteiger partial charge in [0.25, 0.3) is 0 Å². The summed E-state index contributed by atoms with van der Waals surface area (Å²) in [5, 5.41) is 1.59. The molecule has 1 aliphatic heterocycles. The highest BCUT2D eigenvalue weighted by Crippen LogP contribution is 2.42. The Labute approximate surface area is 144 Å². The normalized spacial score (nSPS) is 18.7. The lowest BCUT2D eigenvalue weighted by Crippen LogP contribution is -2.65. The van der Waals surface area contributed by atoms with Gasteiger partial charge in [-0.05, 0) is 25.0 Å². The van der Waals surface area contributed by atoms with Gasteiger partial charge in [0, 0.05) is 6.20 Å². The largest absolute Gasteiger partial charge is 0.416 e. The third kappa shape index (κ3) is 2.82. The molecule has 126 valence electrons. The van der Waals surface area contributed by atoms with E-state index in [0.717, 1.165) is 11.0 Å². The van der Waals surface area contributed by atoms with Gasteiger partial charge in [0.15, 0.2) is 9.76 Å². The number of hydrogen-bond donors (Lipinski definition) is 0. The van der Waals surface area contributed by atoms with Crippen LogP contribution < -0.4 is 0 Å². The molecule has 0 saturated carbocycles. The molecular formula is C16H24ClN3O2Si. The summed E-state index contributed by atoms with van der Waals surface area (Å²) in [5.41, 5.74) is 0.237. The fourth-order valence-corrected chi connectivity index (χ4v) is 4.12. The maximum absolute atomic E-state index is 6.47. The van der Waals surface area contributed by atoms with Gasteiger partial charge in [-0.25, -0.2) is 9.97 Å². The van der Waals surface area contributed by atoms with Gasteiger partial charge in [0.05, 0.1) is 24.2 Å². The molecule has 0 unspecified atom stereocenters. The molecule has 2 aromatic heterocycles. The van der Waals surface area contributed by atoms with Crippen molar-refractivity contribution in [1.29, 1.82) is 0 Å². The first-order valence-corrected chi connectivity index (χ1v) is 9.52. The standard InChI is InChI=1S/C16H24ClN3O2Si/c1-14(2,3)23-22-15(4,5)16(8-21-9-16)20-7-6-11-12(17)18-10-19-13(11)20/h6-7,10H,8-9,23H2,1-5H3. The third-order valence-electron chi connectivity index (χ3n) is 4.56. The lowest BCUT2D eigenvalue weighted by atomic mass is 9.80. The monoisotopic (exact) mass is 353 g/mol. The van der Waals surface area contributed by atoms with Crippen molar-refractivity contribution in [2.45, 2.75) is 50.8 Å². The van der Waals surface area contributed by atoms with Crippen LogP contribution in [0.3, 0.4) is 0 Å². The number of fused-ring (bicyclic) bond motifs is 1. The van der Waals surface area contributed by atoms with E-state index in [1.807, 2.05) is 12.3 Å². The molecule has 0 radical (unpaired) electrons. The van der Waals surface area contributed by atoms with Crippen LogP contribution in [0.25, 0.3) is 11.0 Å². The van der Waals surface area contributed by atoms with Crippen LogP contribution >= 0.6 is 11.6 Å². The predicted molar refractivity (Wildman–Crippen MR) is 94.8 cm³/mol. The average molecular weight is 354 g/mol.